The van der Waals surface area contributed by atoms with E-state index >= 15 is 0 Å². The zero-order chi connectivity index (χ0) is 12.5. The van der Waals surface area contributed by atoms with Crippen molar-refractivity contribution in [3.63, 3.8) is 0 Å². The molecule has 0 saturated heterocycles. The Morgan fingerprint density at radius 1 is 1.28 bits per heavy atom. The van der Waals surface area contributed by atoms with Crippen LogP contribution in [0.5, 0.6) is 0 Å². The van der Waals surface area contributed by atoms with Crippen LogP contribution in [0.1, 0.15) is 17.1 Å². The van der Waals surface area contributed by atoms with E-state index in [0.29, 0.717) is 24.4 Å². The Morgan fingerprint density at radius 3 is 2.83 bits per heavy atom. The summed E-state index contributed by atoms with van der Waals surface area (Å²) in [7, 11) is 0. The molecule has 2 heterocycles. The summed E-state index contributed by atoms with van der Waals surface area (Å²) in [6, 6.07) is 7.70. The number of hydrogen-bond acceptors (Lipinski definition) is 3. The molecule has 0 aliphatic carbocycles. The lowest BCUT2D eigenvalue weighted by molar-refractivity contribution is 1.01. The number of rotatable bonds is 2. The van der Waals surface area contributed by atoms with E-state index in [-0.39, 0.29) is 0 Å². The number of aromatic amines is 1. The fourth-order valence-electron chi connectivity index (χ4n) is 1.94. The van der Waals surface area contributed by atoms with Crippen molar-refractivity contribution in [1.82, 2.24) is 9.97 Å². The van der Waals surface area contributed by atoms with Crippen LogP contribution in [0.2, 0.25) is 5.02 Å². The van der Waals surface area contributed by atoms with E-state index in [1.807, 2.05) is 24.3 Å². The largest absolute Gasteiger partial charge is 0.343 e. The maximum atomic E-state index is 7.56. The summed E-state index contributed by atoms with van der Waals surface area (Å²) in [5.74, 6) is 1.57. The quantitative estimate of drug-likeness (QED) is 0.855. The molecule has 90 valence electrons. The van der Waals surface area contributed by atoms with Crippen LogP contribution in [0, 0.1) is 5.41 Å². The Labute approximate surface area is 109 Å². The van der Waals surface area contributed by atoms with Crippen molar-refractivity contribution in [3.05, 3.63) is 46.4 Å². The average molecular weight is 259 g/mol. The number of hydrogen-bond donors (Lipinski definition) is 2. The van der Waals surface area contributed by atoms with Crippen molar-refractivity contribution in [2.45, 2.75) is 12.8 Å². The normalized spacial score (nSPS) is 13.7. The third-order valence-electron chi connectivity index (χ3n) is 2.80. The summed E-state index contributed by atoms with van der Waals surface area (Å²) in [6.07, 6.45) is 2.84. The molecular weight excluding hydrogens is 248 g/mol. The van der Waals surface area contributed by atoms with E-state index in [9.17, 15) is 0 Å². The first-order valence-corrected chi connectivity index (χ1v) is 6.02. The lowest BCUT2D eigenvalue weighted by atomic mass is 10.1. The number of nitrogens with zero attached hydrogens (tertiary/aromatic N) is 2. The number of benzene rings is 1. The van der Waals surface area contributed by atoms with E-state index in [0.717, 1.165) is 22.1 Å². The van der Waals surface area contributed by atoms with Crippen LogP contribution < -0.4 is 0 Å². The molecule has 5 heteroatoms. The highest BCUT2D eigenvalue weighted by molar-refractivity contribution is 6.31. The van der Waals surface area contributed by atoms with Gasteiger partial charge in [-0.05, 0) is 17.7 Å². The molecular formula is C13H11ClN4. The molecule has 2 N–H and O–H groups in total. The molecule has 1 aliphatic heterocycles. The molecule has 4 nitrogen and oxygen atoms in total. The van der Waals surface area contributed by atoms with E-state index < -0.39 is 0 Å². The summed E-state index contributed by atoms with van der Waals surface area (Å²) in [5, 5.41) is 8.29. The van der Waals surface area contributed by atoms with Gasteiger partial charge >= 0.3 is 0 Å². The van der Waals surface area contributed by atoms with Crippen LogP contribution in [0.15, 0.2) is 29.3 Å². The van der Waals surface area contributed by atoms with Gasteiger partial charge in [-0.25, -0.2) is 9.98 Å². The van der Waals surface area contributed by atoms with Crippen LogP contribution in [0.25, 0.3) is 0 Å². The second-order valence-corrected chi connectivity index (χ2v) is 4.69. The Kier molecular flexibility index (Phi) is 2.72. The zero-order valence-corrected chi connectivity index (χ0v) is 10.3. The van der Waals surface area contributed by atoms with Crippen molar-refractivity contribution in [3.8, 4) is 0 Å². The van der Waals surface area contributed by atoms with Crippen molar-refractivity contribution in [1.29, 1.82) is 5.41 Å². The highest BCUT2D eigenvalue weighted by Crippen LogP contribution is 2.21. The highest BCUT2D eigenvalue weighted by atomic mass is 35.5. The van der Waals surface area contributed by atoms with Gasteiger partial charge in [0.2, 0.25) is 0 Å². The summed E-state index contributed by atoms with van der Waals surface area (Å²) in [6.45, 7) is 0. The predicted molar refractivity (Wildman–Crippen MR) is 72.4 cm³/mol. The van der Waals surface area contributed by atoms with Gasteiger partial charge in [-0.3, -0.25) is 0 Å². The lowest BCUT2D eigenvalue weighted by Crippen LogP contribution is -2.07. The van der Waals surface area contributed by atoms with Crippen molar-refractivity contribution >= 4 is 29.3 Å². The fourth-order valence-corrected chi connectivity index (χ4v) is 2.06. The summed E-state index contributed by atoms with van der Waals surface area (Å²) in [5.41, 5.74) is 2.57. The number of nitrogens with one attached hydrogen (secondary N) is 2. The first-order valence-electron chi connectivity index (χ1n) is 5.64. The third-order valence-corrected chi connectivity index (χ3v) is 3.05. The summed E-state index contributed by atoms with van der Waals surface area (Å²) < 4.78 is 0. The number of imidazole rings is 1. The van der Waals surface area contributed by atoms with Gasteiger partial charge in [0.05, 0.1) is 17.6 Å². The molecule has 0 saturated carbocycles. The van der Waals surface area contributed by atoms with E-state index in [2.05, 4.69) is 15.0 Å². The molecule has 1 aromatic heterocycles. The van der Waals surface area contributed by atoms with Gasteiger partial charge in [0.25, 0.3) is 0 Å². The standard InChI is InChI=1S/C13H11ClN4/c14-9-3-1-8(2-4-9)5-12-17-11-6-10(15)7-16-13(11)18-12/h1-4,7,15H,5-6H2,(H,17,18). The van der Waals surface area contributed by atoms with Gasteiger partial charge in [0.15, 0.2) is 5.82 Å². The first-order chi connectivity index (χ1) is 8.70. The molecule has 0 bridgehead atoms. The molecule has 3 rings (SSSR count). The van der Waals surface area contributed by atoms with Gasteiger partial charge in [0.1, 0.15) is 5.82 Å². The van der Waals surface area contributed by atoms with Gasteiger partial charge in [-0.15, -0.1) is 0 Å². The van der Waals surface area contributed by atoms with E-state index in [1.54, 1.807) is 6.21 Å². The number of fused-ring (bicyclic) bond motifs is 1. The molecule has 0 spiro atoms. The van der Waals surface area contributed by atoms with Crippen molar-refractivity contribution in [2.24, 2.45) is 4.99 Å². The van der Waals surface area contributed by atoms with Crippen LogP contribution in [-0.4, -0.2) is 21.9 Å². The molecule has 2 aromatic rings. The van der Waals surface area contributed by atoms with Crippen LogP contribution >= 0.6 is 11.6 Å². The lowest BCUT2D eigenvalue weighted by Gasteiger charge is -2.01. The monoisotopic (exact) mass is 258 g/mol. The molecule has 0 atom stereocenters. The second kappa shape index (κ2) is 4.38. The number of aliphatic imine (C=N–C) groups is 1. The minimum absolute atomic E-state index is 0.504. The minimum Gasteiger partial charge on any atom is -0.343 e. The maximum absolute atomic E-state index is 7.56. The van der Waals surface area contributed by atoms with Gasteiger partial charge < -0.3 is 10.4 Å². The Morgan fingerprint density at radius 2 is 2.06 bits per heavy atom. The molecule has 18 heavy (non-hydrogen) atoms. The minimum atomic E-state index is 0.504. The maximum Gasteiger partial charge on any atom is 0.173 e. The third kappa shape index (κ3) is 2.19. The van der Waals surface area contributed by atoms with Gasteiger partial charge in [-0.2, -0.15) is 0 Å². The number of halogens is 1. The molecule has 1 aliphatic rings. The number of aromatic nitrogens is 2. The second-order valence-electron chi connectivity index (χ2n) is 4.25. The highest BCUT2D eigenvalue weighted by Gasteiger charge is 2.14. The molecule has 0 amide bonds. The van der Waals surface area contributed by atoms with Crippen molar-refractivity contribution in [2.75, 3.05) is 0 Å². The Hall–Kier alpha value is -1.94. The first kappa shape index (κ1) is 11.2. The Bertz CT molecular complexity index is 625. The topological polar surface area (TPSA) is 64.9 Å². The van der Waals surface area contributed by atoms with Crippen LogP contribution in [-0.2, 0) is 12.8 Å². The van der Waals surface area contributed by atoms with Gasteiger partial charge in [-0.1, -0.05) is 23.7 Å². The predicted octanol–water partition coefficient (Wildman–Crippen LogP) is 2.93. The Balaban J connectivity index is 1.84. The number of H-pyrrole nitrogens is 1. The zero-order valence-electron chi connectivity index (χ0n) is 9.57. The fraction of sp³-hybridized carbons (Fsp3) is 0.154. The van der Waals surface area contributed by atoms with E-state index in [1.165, 1.54) is 0 Å². The molecule has 0 radical (unpaired) electrons. The molecule has 0 unspecified atom stereocenters. The average Bonchev–Trinajstić information content (AvgIpc) is 2.73. The van der Waals surface area contributed by atoms with Gasteiger partial charge in [0, 0.05) is 17.9 Å². The smallest absolute Gasteiger partial charge is 0.173 e. The summed E-state index contributed by atoms with van der Waals surface area (Å²) in [4.78, 5) is 11.8. The summed E-state index contributed by atoms with van der Waals surface area (Å²) >= 11 is 5.85. The van der Waals surface area contributed by atoms with Crippen LogP contribution in [0.4, 0.5) is 5.82 Å². The van der Waals surface area contributed by atoms with Crippen molar-refractivity contribution < 1.29 is 0 Å². The van der Waals surface area contributed by atoms with E-state index in [4.69, 9.17) is 17.0 Å². The van der Waals surface area contributed by atoms with Crippen LogP contribution in [0.3, 0.4) is 0 Å². The molecule has 0 fully saturated rings. The molecule has 1 aromatic carbocycles. The SMILES string of the molecule is N=C1C=Nc2nc(Cc3ccc(Cl)cc3)[nH]c2C1.